The molecular weight excluding hydrogens is 158 g/mol. The molecule has 2 heterocycles. The van der Waals surface area contributed by atoms with Gasteiger partial charge in [0.05, 0.1) is 12.8 Å². The van der Waals surface area contributed by atoms with E-state index in [1.165, 1.54) is 6.20 Å². The normalized spacial score (nSPS) is 15.0. The number of primary amides is 1. The summed E-state index contributed by atoms with van der Waals surface area (Å²) in [6, 6.07) is 0. The first-order valence-electron chi connectivity index (χ1n) is 3.77. The number of hydrogen-bond acceptors (Lipinski definition) is 3. The average Bonchev–Trinajstić information content (AvgIpc) is 2.47. The molecule has 5 heteroatoms. The zero-order valence-corrected chi connectivity index (χ0v) is 6.49. The first kappa shape index (κ1) is 7.15. The summed E-state index contributed by atoms with van der Waals surface area (Å²) in [5.74, 6) is 0.0203. The highest BCUT2D eigenvalue weighted by molar-refractivity contribution is 5.94. The molecule has 0 saturated carbocycles. The fourth-order valence-electron chi connectivity index (χ4n) is 1.24. The van der Waals surface area contributed by atoms with Crippen LogP contribution in [-0.2, 0) is 6.54 Å². The maximum atomic E-state index is 10.8. The van der Waals surface area contributed by atoms with Crippen LogP contribution in [0.4, 0.5) is 0 Å². The number of carbonyl (C=O) groups excluding carboxylic acids is 1. The van der Waals surface area contributed by atoms with Crippen LogP contribution in [0.15, 0.2) is 6.20 Å². The zero-order valence-electron chi connectivity index (χ0n) is 6.49. The van der Waals surface area contributed by atoms with Crippen molar-refractivity contribution in [2.45, 2.75) is 13.0 Å². The second-order valence-corrected chi connectivity index (χ2v) is 2.65. The largest absolute Gasteiger partial charge is 0.477 e. The van der Waals surface area contributed by atoms with Crippen molar-refractivity contribution in [2.24, 2.45) is 5.73 Å². The van der Waals surface area contributed by atoms with Gasteiger partial charge in [-0.1, -0.05) is 0 Å². The van der Waals surface area contributed by atoms with Crippen molar-refractivity contribution in [3.05, 3.63) is 11.8 Å². The van der Waals surface area contributed by atoms with Gasteiger partial charge in [-0.2, -0.15) is 5.10 Å². The number of nitrogens with two attached hydrogens (primary N) is 1. The Morgan fingerprint density at radius 1 is 1.75 bits per heavy atom. The van der Waals surface area contributed by atoms with Crippen molar-refractivity contribution in [3.8, 4) is 5.88 Å². The molecule has 64 valence electrons. The summed E-state index contributed by atoms with van der Waals surface area (Å²) in [6.45, 7) is 1.43. The van der Waals surface area contributed by atoms with Gasteiger partial charge >= 0.3 is 0 Å². The van der Waals surface area contributed by atoms with Crippen LogP contribution in [0.5, 0.6) is 5.88 Å². The lowest BCUT2D eigenvalue weighted by atomic mass is 10.3. The molecule has 0 spiro atoms. The Hall–Kier alpha value is -1.52. The molecule has 0 atom stereocenters. The molecule has 12 heavy (non-hydrogen) atoms. The Morgan fingerprint density at radius 2 is 2.58 bits per heavy atom. The molecule has 1 aromatic heterocycles. The maximum absolute atomic E-state index is 10.8. The van der Waals surface area contributed by atoms with Crippen molar-refractivity contribution >= 4 is 5.91 Å². The number of aromatic nitrogens is 2. The van der Waals surface area contributed by atoms with Crippen LogP contribution in [0.3, 0.4) is 0 Å². The number of ether oxygens (including phenoxy) is 1. The van der Waals surface area contributed by atoms with Crippen LogP contribution in [0.2, 0.25) is 0 Å². The molecule has 1 aliphatic rings. The van der Waals surface area contributed by atoms with E-state index in [0.717, 1.165) is 13.0 Å². The number of carbonyl (C=O) groups is 1. The lowest BCUT2D eigenvalue weighted by molar-refractivity contribution is 0.0994. The summed E-state index contributed by atoms with van der Waals surface area (Å²) in [5, 5.41) is 3.97. The monoisotopic (exact) mass is 167 g/mol. The van der Waals surface area contributed by atoms with Crippen LogP contribution < -0.4 is 10.5 Å². The first-order chi connectivity index (χ1) is 5.79. The van der Waals surface area contributed by atoms with Crippen LogP contribution in [0.1, 0.15) is 16.8 Å². The number of fused-ring (bicyclic) bond motifs is 1. The Morgan fingerprint density at radius 3 is 3.33 bits per heavy atom. The van der Waals surface area contributed by atoms with Crippen molar-refractivity contribution in [1.82, 2.24) is 9.78 Å². The molecule has 0 aliphatic carbocycles. The van der Waals surface area contributed by atoms with Gasteiger partial charge in [-0.25, -0.2) is 4.68 Å². The van der Waals surface area contributed by atoms with Gasteiger partial charge in [0.2, 0.25) is 5.88 Å². The van der Waals surface area contributed by atoms with Crippen LogP contribution in [0.25, 0.3) is 0 Å². The minimum atomic E-state index is -0.488. The molecule has 1 aliphatic heterocycles. The number of nitrogens with zero attached hydrogens (tertiary/aromatic N) is 2. The fourth-order valence-corrected chi connectivity index (χ4v) is 1.24. The molecule has 0 bridgehead atoms. The minimum absolute atomic E-state index is 0.370. The van der Waals surface area contributed by atoms with Crippen LogP contribution in [-0.4, -0.2) is 22.3 Å². The maximum Gasteiger partial charge on any atom is 0.255 e. The number of hydrogen-bond donors (Lipinski definition) is 1. The van der Waals surface area contributed by atoms with Gasteiger partial charge in [-0.15, -0.1) is 0 Å². The molecule has 1 aromatic rings. The fraction of sp³-hybridized carbons (Fsp3) is 0.429. The number of rotatable bonds is 1. The molecule has 0 radical (unpaired) electrons. The van der Waals surface area contributed by atoms with E-state index in [2.05, 4.69) is 5.10 Å². The molecule has 2 rings (SSSR count). The van der Waals surface area contributed by atoms with Crippen molar-refractivity contribution in [1.29, 1.82) is 0 Å². The Kier molecular flexibility index (Phi) is 1.49. The van der Waals surface area contributed by atoms with Gasteiger partial charge in [0.1, 0.15) is 5.56 Å². The van der Waals surface area contributed by atoms with Gasteiger partial charge in [0, 0.05) is 13.0 Å². The Labute approximate surface area is 69.1 Å². The smallest absolute Gasteiger partial charge is 0.255 e. The third kappa shape index (κ3) is 0.939. The van der Waals surface area contributed by atoms with Gasteiger partial charge in [-0.05, 0) is 0 Å². The quantitative estimate of drug-likeness (QED) is 0.627. The van der Waals surface area contributed by atoms with E-state index in [4.69, 9.17) is 10.5 Å². The summed E-state index contributed by atoms with van der Waals surface area (Å²) in [7, 11) is 0. The molecule has 1 amide bonds. The molecule has 5 nitrogen and oxygen atoms in total. The van der Waals surface area contributed by atoms with Gasteiger partial charge in [0.25, 0.3) is 5.91 Å². The van der Waals surface area contributed by atoms with E-state index in [9.17, 15) is 4.79 Å². The van der Waals surface area contributed by atoms with Gasteiger partial charge in [-0.3, -0.25) is 4.79 Å². The van der Waals surface area contributed by atoms with Crippen LogP contribution >= 0.6 is 0 Å². The van der Waals surface area contributed by atoms with E-state index >= 15 is 0 Å². The predicted molar refractivity (Wildman–Crippen MR) is 40.9 cm³/mol. The molecule has 0 fully saturated rings. The van der Waals surface area contributed by atoms with Crippen molar-refractivity contribution < 1.29 is 9.53 Å². The zero-order chi connectivity index (χ0) is 8.55. The SMILES string of the molecule is NC(=O)c1cnn2c1OCCC2. The Balaban J connectivity index is 2.44. The van der Waals surface area contributed by atoms with E-state index in [1.54, 1.807) is 4.68 Å². The highest BCUT2D eigenvalue weighted by Gasteiger charge is 2.19. The van der Waals surface area contributed by atoms with Gasteiger partial charge in [0.15, 0.2) is 0 Å². The third-order valence-corrected chi connectivity index (χ3v) is 1.81. The topological polar surface area (TPSA) is 70.1 Å². The molecule has 2 N–H and O–H groups in total. The summed E-state index contributed by atoms with van der Waals surface area (Å²) in [6.07, 6.45) is 2.37. The van der Waals surface area contributed by atoms with Gasteiger partial charge < -0.3 is 10.5 Å². The first-order valence-corrected chi connectivity index (χ1v) is 3.77. The lowest BCUT2D eigenvalue weighted by Crippen LogP contribution is -2.18. The Bertz CT molecular complexity index is 318. The minimum Gasteiger partial charge on any atom is -0.477 e. The highest BCUT2D eigenvalue weighted by Crippen LogP contribution is 2.21. The second-order valence-electron chi connectivity index (χ2n) is 2.65. The van der Waals surface area contributed by atoms with E-state index in [1.807, 2.05) is 0 Å². The molecule has 0 saturated heterocycles. The number of aryl methyl sites for hydroxylation is 1. The third-order valence-electron chi connectivity index (χ3n) is 1.81. The molecular formula is C7H9N3O2. The molecule has 0 unspecified atom stereocenters. The second kappa shape index (κ2) is 2.51. The van der Waals surface area contributed by atoms with Crippen LogP contribution in [0, 0.1) is 0 Å². The summed E-state index contributed by atoms with van der Waals surface area (Å²) in [5.41, 5.74) is 5.48. The van der Waals surface area contributed by atoms with Crippen molar-refractivity contribution in [3.63, 3.8) is 0 Å². The summed E-state index contributed by atoms with van der Waals surface area (Å²) in [4.78, 5) is 10.8. The van der Waals surface area contributed by atoms with E-state index < -0.39 is 5.91 Å². The summed E-state index contributed by atoms with van der Waals surface area (Å²) < 4.78 is 6.91. The van der Waals surface area contributed by atoms with E-state index in [0.29, 0.717) is 18.1 Å². The standard InChI is InChI=1S/C7H9N3O2/c8-6(11)5-4-9-10-2-1-3-12-7(5)10/h4H,1-3H2,(H2,8,11). The lowest BCUT2D eigenvalue weighted by Gasteiger charge is -2.14. The van der Waals surface area contributed by atoms with E-state index in [-0.39, 0.29) is 0 Å². The predicted octanol–water partition coefficient (Wildman–Crippen LogP) is -0.236. The molecule has 0 aromatic carbocycles. The number of amides is 1. The summed E-state index contributed by atoms with van der Waals surface area (Å²) >= 11 is 0. The highest BCUT2D eigenvalue weighted by atomic mass is 16.5. The average molecular weight is 167 g/mol. The van der Waals surface area contributed by atoms with Crippen molar-refractivity contribution in [2.75, 3.05) is 6.61 Å².